The Morgan fingerprint density at radius 3 is 2.71 bits per heavy atom. The van der Waals surface area contributed by atoms with Crippen LogP contribution in [0.25, 0.3) is 0 Å². The molecule has 2 N–H and O–H groups in total. The molecule has 0 bridgehead atoms. The highest BCUT2D eigenvalue weighted by Gasteiger charge is 2.20. The van der Waals surface area contributed by atoms with Crippen molar-refractivity contribution in [3.05, 3.63) is 45.0 Å². The van der Waals surface area contributed by atoms with Crippen LogP contribution < -0.4 is 10.0 Å². The first-order valence-corrected chi connectivity index (χ1v) is 9.14. The summed E-state index contributed by atoms with van der Waals surface area (Å²) in [5.41, 5.74) is 0.815. The van der Waals surface area contributed by atoms with Gasteiger partial charge in [-0.15, -0.1) is 11.3 Å². The third kappa shape index (κ3) is 3.82. The quantitative estimate of drug-likeness (QED) is 0.818. The molecule has 0 fully saturated rings. The lowest BCUT2D eigenvalue weighted by atomic mass is 10.3. The number of aryl methyl sites for hydroxylation is 1. The topological polar surface area (TPSA) is 58.2 Å². The van der Waals surface area contributed by atoms with Gasteiger partial charge in [-0.25, -0.2) is 12.8 Å². The van der Waals surface area contributed by atoms with Crippen LogP contribution in [-0.4, -0.2) is 15.5 Å². The fourth-order valence-corrected chi connectivity index (χ4v) is 4.75. The van der Waals surface area contributed by atoms with E-state index in [-0.39, 0.29) is 9.90 Å². The van der Waals surface area contributed by atoms with Gasteiger partial charge in [-0.3, -0.25) is 4.72 Å². The Kier molecular flexibility index (Phi) is 5.03. The first kappa shape index (κ1) is 16.4. The lowest BCUT2D eigenvalue weighted by Crippen LogP contribution is -2.12. The molecule has 0 aliphatic rings. The van der Waals surface area contributed by atoms with Gasteiger partial charge in [-0.1, -0.05) is 15.9 Å². The van der Waals surface area contributed by atoms with E-state index in [0.29, 0.717) is 11.0 Å². The fraction of sp³-hybridized carbons (Fsp3) is 0.231. The zero-order chi connectivity index (χ0) is 15.6. The van der Waals surface area contributed by atoms with Crippen molar-refractivity contribution in [3.8, 4) is 0 Å². The van der Waals surface area contributed by atoms with Crippen molar-refractivity contribution in [1.29, 1.82) is 0 Å². The monoisotopic (exact) mass is 392 g/mol. The number of sulfonamides is 1. The molecule has 0 aliphatic heterocycles. The summed E-state index contributed by atoms with van der Waals surface area (Å²) in [6.07, 6.45) is 0. The van der Waals surface area contributed by atoms with Crippen LogP contribution in [0.3, 0.4) is 0 Å². The van der Waals surface area contributed by atoms with Crippen LogP contribution >= 0.6 is 27.3 Å². The van der Waals surface area contributed by atoms with E-state index in [1.54, 1.807) is 13.1 Å². The van der Waals surface area contributed by atoms with Gasteiger partial charge in [0.05, 0.1) is 5.69 Å². The summed E-state index contributed by atoms with van der Waals surface area (Å²) in [4.78, 5) is 0.938. The van der Waals surface area contributed by atoms with Crippen molar-refractivity contribution >= 4 is 43.0 Å². The van der Waals surface area contributed by atoms with Gasteiger partial charge in [0.2, 0.25) is 0 Å². The number of hydrogen-bond donors (Lipinski definition) is 2. The fourth-order valence-electron chi connectivity index (χ4n) is 1.73. The average Bonchev–Trinajstić information content (AvgIpc) is 2.77. The Morgan fingerprint density at radius 2 is 2.05 bits per heavy atom. The lowest BCUT2D eigenvalue weighted by molar-refractivity contribution is 0.600. The van der Waals surface area contributed by atoms with E-state index in [9.17, 15) is 12.8 Å². The van der Waals surface area contributed by atoms with E-state index in [1.165, 1.54) is 29.5 Å². The molecule has 0 aliphatic carbocycles. The van der Waals surface area contributed by atoms with Crippen LogP contribution in [0.4, 0.5) is 10.1 Å². The average molecular weight is 393 g/mol. The summed E-state index contributed by atoms with van der Waals surface area (Å²) in [7, 11) is -2.00. The Labute approximate surface area is 135 Å². The molecule has 8 heteroatoms. The van der Waals surface area contributed by atoms with Crippen molar-refractivity contribution in [1.82, 2.24) is 5.32 Å². The maximum Gasteiger partial charge on any atom is 0.271 e. The predicted molar refractivity (Wildman–Crippen MR) is 86.7 cm³/mol. The maximum atomic E-state index is 13.7. The molecule has 0 saturated heterocycles. The number of nitrogens with one attached hydrogen (secondary N) is 2. The number of halogens is 2. The minimum absolute atomic E-state index is 0.0782. The second-order valence-electron chi connectivity index (χ2n) is 4.43. The molecule has 0 atom stereocenters. The molecule has 0 saturated carbocycles. The third-order valence-corrected chi connectivity index (χ3v) is 6.34. The molecule has 0 unspecified atom stereocenters. The van der Waals surface area contributed by atoms with Crippen LogP contribution in [0, 0.1) is 12.7 Å². The van der Waals surface area contributed by atoms with Gasteiger partial charge in [0.15, 0.2) is 0 Å². The van der Waals surface area contributed by atoms with Crippen LogP contribution in [0.5, 0.6) is 0 Å². The summed E-state index contributed by atoms with van der Waals surface area (Å²) in [6.45, 7) is 2.44. The van der Waals surface area contributed by atoms with E-state index >= 15 is 0 Å². The molecule has 114 valence electrons. The maximum absolute atomic E-state index is 13.7. The van der Waals surface area contributed by atoms with E-state index in [0.717, 1.165) is 10.4 Å². The largest absolute Gasteiger partial charge is 0.315 e. The van der Waals surface area contributed by atoms with Crippen LogP contribution in [0.2, 0.25) is 0 Å². The van der Waals surface area contributed by atoms with Crippen molar-refractivity contribution in [2.24, 2.45) is 0 Å². The van der Waals surface area contributed by atoms with Gasteiger partial charge in [-0.2, -0.15) is 0 Å². The van der Waals surface area contributed by atoms with Crippen LogP contribution in [0.15, 0.2) is 32.9 Å². The second kappa shape index (κ2) is 6.43. The highest BCUT2D eigenvalue weighted by atomic mass is 79.9. The second-order valence-corrected chi connectivity index (χ2v) is 8.39. The number of rotatable bonds is 5. The standard InChI is InChI=1S/C13H14BrFN2O2S2/c1-8-5-13(20-12(8)7-16-2)21(18,19)17-11-6-9(14)3-4-10(11)15/h3-6,16-17H,7H2,1-2H3. The summed E-state index contributed by atoms with van der Waals surface area (Å²) in [5, 5.41) is 2.98. The molecular weight excluding hydrogens is 379 g/mol. The Hall–Kier alpha value is -0.960. The van der Waals surface area contributed by atoms with Crippen molar-refractivity contribution in [2.75, 3.05) is 11.8 Å². The van der Waals surface area contributed by atoms with Gasteiger partial charge in [0.1, 0.15) is 10.0 Å². The zero-order valence-electron chi connectivity index (χ0n) is 11.4. The molecule has 2 aromatic rings. The summed E-state index contributed by atoms with van der Waals surface area (Å²) >= 11 is 4.36. The minimum atomic E-state index is -3.79. The molecule has 0 spiro atoms. The zero-order valence-corrected chi connectivity index (χ0v) is 14.6. The first-order chi connectivity index (χ1) is 9.83. The van der Waals surface area contributed by atoms with Gasteiger partial charge >= 0.3 is 0 Å². The van der Waals surface area contributed by atoms with Gasteiger partial charge in [0.25, 0.3) is 10.0 Å². The SMILES string of the molecule is CNCc1sc(S(=O)(=O)Nc2cc(Br)ccc2F)cc1C. The molecule has 1 aromatic carbocycles. The highest BCUT2D eigenvalue weighted by molar-refractivity contribution is 9.10. The molecule has 4 nitrogen and oxygen atoms in total. The Balaban J connectivity index is 2.34. The van der Waals surface area contributed by atoms with Crippen molar-refractivity contribution in [3.63, 3.8) is 0 Å². The van der Waals surface area contributed by atoms with E-state index in [1.807, 2.05) is 6.92 Å². The van der Waals surface area contributed by atoms with Gasteiger partial charge in [-0.05, 0) is 43.8 Å². The number of thiophene rings is 1. The van der Waals surface area contributed by atoms with Gasteiger partial charge in [0, 0.05) is 15.9 Å². The number of anilines is 1. The van der Waals surface area contributed by atoms with Crippen LogP contribution in [-0.2, 0) is 16.6 Å². The molecule has 21 heavy (non-hydrogen) atoms. The third-order valence-electron chi connectivity index (χ3n) is 2.77. The molecule has 2 rings (SSSR count). The van der Waals surface area contributed by atoms with E-state index in [2.05, 4.69) is 26.0 Å². The molecule has 1 heterocycles. The molecule has 0 radical (unpaired) electrons. The summed E-state index contributed by atoms with van der Waals surface area (Å²) in [6, 6.07) is 5.69. The Bertz CT molecular complexity index is 760. The lowest BCUT2D eigenvalue weighted by Gasteiger charge is -2.07. The predicted octanol–water partition coefficient (Wildman–Crippen LogP) is 3.48. The molecule has 0 amide bonds. The number of benzene rings is 1. The summed E-state index contributed by atoms with van der Waals surface area (Å²) in [5.74, 6) is -0.620. The van der Waals surface area contributed by atoms with Crippen LogP contribution in [0.1, 0.15) is 10.4 Å². The molecule has 1 aromatic heterocycles. The van der Waals surface area contributed by atoms with Crippen molar-refractivity contribution in [2.45, 2.75) is 17.7 Å². The van der Waals surface area contributed by atoms with E-state index in [4.69, 9.17) is 0 Å². The summed E-state index contributed by atoms with van der Waals surface area (Å²) < 4.78 is 41.4. The smallest absolute Gasteiger partial charge is 0.271 e. The Morgan fingerprint density at radius 1 is 1.33 bits per heavy atom. The molecular formula is C13H14BrFN2O2S2. The number of hydrogen-bond acceptors (Lipinski definition) is 4. The minimum Gasteiger partial charge on any atom is -0.315 e. The highest BCUT2D eigenvalue weighted by Crippen LogP contribution is 2.29. The van der Waals surface area contributed by atoms with Gasteiger partial charge < -0.3 is 5.32 Å². The normalized spacial score (nSPS) is 11.6. The van der Waals surface area contributed by atoms with Crippen molar-refractivity contribution < 1.29 is 12.8 Å². The first-order valence-electron chi connectivity index (χ1n) is 6.05. The van der Waals surface area contributed by atoms with E-state index < -0.39 is 15.8 Å².